The van der Waals surface area contributed by atoms with Crippen molar-refractivity contribution < 1.29 is 19.8 Å². The summed E-state index contributed by atoms with van der Waals surface area (Å²) in [5, 5.41) is 20.1. The SMILES string of the molecule is C=NC(C(=O)ON)(c1ccccc1O)c1ccccc1O. The quantitative estimate of drug-likeness (QED) is 0.583. The summed E-state index contributed by atoms with van der Waals surface area (Å²) >= 11 is 0. The molecule has 6 heteroatoms. The molecular weight excluding hydrogens is 272 g/mol. The highest BCUT2D eigenvalue weighted by atomic mass is 16.7. The largest absolute Gasteiger partial charge is 0.508 e. The Hall–Kier alpha value is -2.86. The molecule has 0 fully saturated rings. The van der Waals surface area contributed by atoms with Crippen molar-refractivity contribution in [2.24, 2.45) is 10.9 Å². The van der Waals surface area contributed by atoms with Crippen LogP contribution in [0.1, 0.15) is 11.1 Å². The second-order valence-corrected chi connectivity index (χ2v) is 4.31. The zero-order chi connectivity index (χ0) is 15.5. The number of rotatable bonds is 4. The first-order valence-electron chi connectivity index (χ1n) is 6.04. The third-order valence-electron chi connectivity index (χ3n) is 3.23. The standard InChI is InChI=1S/C15H14N2O4/c1-17-15(14(20)21-16,10-6-2-4-8-12(10)18)11-7-3-5-9-13(11)19/h2-9,18-19H,1,16H2. The summed E-state index contributed by atoms with van der Waals surface area (Å²) < 4.78 is 0. The molecule has 2 rings (SSSR count). The number of phenolic OH excluding ortho intramolecular Hbond substituents is 2. The van der Waals surface area contributed by atoms with Crippen molar-refractivity contribution in [3.8, 4) is 11.5 Å². The maximum Gasteiger partial charge on any atom is 0.362 e. The van der Waals surface area contributed by atoms with E-state index in [-0.39, 0.29) is 22.6 Å². The minimum Gasteiger partial charge on any atom is -0.508 e. The number of carbonyl (C=O) groups excluding carboxylic acids is 1. The summed E-state index contributed by atoms with van der Waals surface area (Å²) in [4.78, 5) is 20.4. The number of aromatic hydroxyl groups is 2. The molecule has 2 aromatic rings. The first kappa shape index (κ1) is 14.5. The zero-order valence-corrected chi connectivity index (χ0v) is 11.1. The molecule has 0 atom stereocenters. The van der Waals surface area contributed by atoms with Gasteiger partial charge in [0.25, 0.3) is 0 Å². The van der Waals surface area contributed by atoms with Crippen LogP contribution in [0, 0.1) is 0 Å². The van der Waals surface area contributed by atoms with Gasteiger partial charge < -0.3 is 15.1 Å². The van der Waals surface area contributed by atoms with Gasteiger partial charge in [0.05, 0.1) is 0 Å². The second-order valence-electron chi connectivity index (χ2n) is 4.31. The first-order chi connectivity index (χ1) is 10.1. The van der Waals surface area contributed by atoms with Crippen molar-refractivity contribution in [2.45, 2.75) is 5.54 Å². The van der Waals surface area contributed by atoms with Crippen LogP contribution in [-0.2, 0) is 15.2 Å². The number of nitrogens with two attached hydrogens (primary N) is 1. The average molecular weight is 286 g/mol. The number of hydrogen-bond acceptors (Lipinski definition) is 6. The van der Waals surface area contributed by atoms with E-state index < -0.39 is 11.5 Å². The third-order valence-corrected chi connectivity index (χ3v) is 3.23. The molecule has 0 bridgehead atoms. The molecule has 108 valence electrons. The third kappa shape index (κ3) is 2.21. The van der Waals surface area contributed by atoms with Gasteiger partial charge in [-0.2, -0.15) is 5.90 Å². The number of carbonyl (C=O) groups is 1. The number of hydrogen-bond donors (Lipinski definition) is 3. The van der Waals surface area contributed by atoms with Crippen LogP contribution in [0.2, 0.25) is 0 Å². The molecule has 0 aromatic heterocycles. The molecule has 0 heterocycles. The van der Waals surface area contributed by atoms with Crippen LogP contribution in [0.4, 0.5) is 0 Å². The Labute approximate surface area is 121 Å². The van der Waals surface area contributed by atoms with Crippen molar-refractivity contribution >= 4 is 12.7 Å². The van der Waals surface area contributed by atoms with Crippen LogP contribution in [0.3, 0.4) is 0 Å². The van der Waals surface area contributed by atoms with E-state index in [1.54, 1.807) is 24.3 Å². The highest BCUT2D eigenvalue weighted by molar-refractivity contribution is 5.89. The predicted molar refractivity (Wildman–Crippen MR) is 76.8 cm³/mol. The Kier molecular flexibility index (Phi) is 3.91. The van der Waals surface area contributed by atoms with Crippen LogP contribution in [-0.4, -0.2) is 22.9 Å². The highest BCUT2D eigenvalue weighted by Gasteiger charge is 2.46. The minimum absolute atomic E-state index is 0.108. The van der Waals surface area contributed by atoms with Gasteiger partial charge in [0, 0.05) is 11.1 Å². The number of para-hydroxylation sites is 2. The van der Waals surface area contributed by atoms with E-state index in [9.17, 15) is 15.0 Å². The second kappa shape index (κ2) is 5.64. The summed E-state index contributed by atoms with van der Waals surface area (Å²) in [6.45, 7) is 3.41. The average Bonchev–Trinajstić information content (AvgIpc) is 2.51. The first-order valence-corrected chi connectivity index (χ1v) is 6.04. The van der Waals surface area contributed by atoms with Gasteiger partial charge in [-0.05, 0) is 18.9 Å². The summed E-state index contributed by atoms with van der Waals surface area (Å²) in [7, 11) is 0. The van der Waals surface area contributed by atoms with Gasteiger partial charge in [-0.15, -0.1) is 0 Å². The van der Waals surface area contributed by atoms with E-state index in [2.05, 4.69) is 16.5 Å². The zero-order valence-electron chi connectivity index (χ0n) is 11.1. The lowest BCUT2D eigenvalue weighted by molar-refractivity contribution is -0.149. The fourth-order valence-corrected chi connectivity index (χ4v) is 2.24. The lowest BCUT2D eigenvalue weighted by Gasteiger charge is -2.28. The van der Waals surface area contributed by atoms with Crippen LogP contribution in [0.25, 0.3) is 0 Å². The van der Waals surface area contributed by atoms with Crippen LogP contribution in [0.15, 0.2) is 53.5 Å². The molecule has 0 saturated heterocycles. The van der Waals surface area contributed by atoms with Gasteiger partial charge in [-0.25, -0.2) is 4.79 Å². The Morgan fingerprint density at radius 1 is 1.05 bits per heavy atom. The summed E-state index contributed by atoms with van der Waals surface area (Å²) in [5.41, 5.74) is -1.64. The molecule has 0 spiro atoms. The van der Waals surface area contributed by atoms with Gasteiger partial charge in [-0.3, -0.25) is 4.99 Å². The predicted octanol–water partition coefficient (Wildman–Crippen LogP) is 1.46. The van der Waals surface area contributed by atoms with Crippen LogP contribution in [0.5, 0.6) is 11.5 Å². The lowest BCUT2D eigenvalue weighted by Crippen LogP contribution is -2.38. The molecule has 0 saturated carbocycles. The van der Waals surface area contributed by atoms with Gasteiger partial charge in [0.1, 0.15) is 11.5 Å². The van der Waals surface area contributed by atoms with Crippen molar-refractivity contribution in [1.82, 2.24) is 0 Å². The molecule has 0 amide bonds. The van der Waals surface area contributed by atoms with Crippen molar-refractivity contribution in [3.05, 3.63) is 59.7 Å². The van der Waals surface area contributed by atoms with E-state index in [1.165, 1.54) is 24.3 Å². The molecule has 4 N–H and O–H groups in total. The Bertz CT molecular complexity index is 639. The van der Waals surface area contributed by atoms with Crippen molar-refractivity contribution in [3.63, 3.8) is 0 Å². The topological polar surface area (TPSA) is 105 Å². The number of phenols is 2. The molecule has 0 unspecified atom stereocenters. The van der Waals surface area contributed by atoms with E-state index >= 15 is 0 Å². The lowest BCUT2D eigenvalue weighted by atomic mass is 9.82. The molecule has 2 aromatic carbocycles. The molecule has 0 radical (unpaired) electrons. The fraction of sp³-hybridized carbons (Fsp3) is 0.0667. The van der Waals surface area contributed by atoms with Crippen molar-refractivity contribution in [1.29, 1.82) is 0 Å². The molecule has 21 heavy (non-hydrogen) atoms. The monoisotopic (exact) mass is 286 g/mol. The van der Waals surface area contributed by atoms with Gasteiger partial charge in [0.15, 0.2) is 0 Å². The van der Waals surface area contributed by atoms with Crippen LogP contribution >= 0.6 is 0 Å². The number of nitrogens with zero attached hydrogens (tertiary/aromatic N) is 1. The Morgan fingerprint density at radius 2 is 1.48 bits per heavy atom. The number of benzene rings is 2. The van der Waals surface area contributed by atoms with E-state index in [0.29, 0.717) is 0 Å². The van der Waals surface area contributed by atoms with Gasteiger partial charge in [-0.1, -0.05) is 36.4 Å². The molecule has 0 aliphatic heterocycles. The molecule has 6 nitrogen and oxygen atoms in total. The smallest absolute Gasteiger partial charge is 0.362 e. The maximum absolute atomic E-state index is 12.3. The minimum atomic E-state index is -1.86. The molecule has 0 aliphatic rings. The fourth-order valence-electron chi connectivity index (χ4n) is 2.24. The van der Waals surface area contributed by atoms with Gasteiger partial charge in [0.2, 0.25) is 5.54 Å². The van der Waals surface area contributed by atoms with Crippen molar-refractivity contribution in [2.75, 3.05) is 0 Å². The van der Waals surface area contributed by atoms with E-state index in [1.807, 2.05) is 0 Å². The normalized spacial score (nSPS) is 10.9. The Balaban J connectivity index is 2.84. The van der Waals surface area contributed by atoms with Crippen LogP contribution < -0.4 is 5.90 Å². The Morgan fingerprint density at radius 3 is 1.81 bits per heavy atom. The van der Waals surface area contributed by atoms with Gasteiger partial charge >= 0.3 is 5.97 Å². The molecule has 0 aliphatic carbocycles. The molecular formula is C15H14N2O4. The van der Waals surface area contributed by atoms with E-state index in [4.69, 9.17) is 5.90 Å². The number of aliphatic imine (C=N–C) groups is 1. The summed E-state index contributed by atoms with van der Waals surface area (Å²) in [6.07, 6.45) is 0. The summed E-state index contributed by atoms with van der Waals surface area (Å²) in [5.74, 6) is 3.64. The van der Waals surface area contributed by atoms with E-state index in [0.717, 1.165) is 0 Å². The maximum atomic E-state index is 12.3. The summed E-state index contributed by atoms with van der Waals surface area (Å²) in [6, 6.07) is 12.1. The highest BCUT2D eigenvalue weighted by Crippen LogP contribution is 2.42.